The van der Waals surface area contributed by atoms with E-state index < -0.39 is 33.0 Å². The molecule has 2 unspecified atom stereocenters. The fourth-order valence-electron chi connectivity index (χ4n) is 2.01. The minimum Gasteiger partial charge on any atom is -0.480 e. The number of amides is 1. The van der Waals surface area contributed by atoms with Crippen LogP contribution in [0.4, 0.5) is 0 Å². The van der Waals surface area contributed by atoms with Crippen LogP contribution in [0.1, 0.15) is 25.7 Å². The summed E-state index contributed by atoms with van der Waals surface area (Å²) in [5.74, 6) is -1.20. The molecule has 0 aromatic carbocycles. The van der Waals surface area contributed by atoms with E-state index in [1.165, 1.54) is 11.8 Å². The van der Waals surface area contributed by atoms with E-state index in [0.29, 0.717) is 18.6 Å². The van der Waals surface area contributed by atoms with Gasteiger partial charge in [-0.25, -0.2) is 13.2 Å². The molecule has 0 aromatic heterocycles. The maximum absolute atomic E-state index is 11.9. The number of hydrogen-bond acceptors (Lipinski definition) is 5. The minimum atomic E-state index is -3.42. The predicted octanol–water partition coefficient (Wildman–Crippen LogP) is 0.276. The number of carboxylic acid groups (broad SMARTS) is 1. The number of carbonyl (C=O) groups excluding carboxylic acids is 1. The second-order valence-electron chi connectivity index (χ2n) is 4.53. The Labute approximate surface area is 117 Å². The van der Waals surface area contributed by atoms with Gasteiger partial charge in [0.2, 0.25) is 5.91 Å². The number of carboxylic acids is 1. The molecule has 0 radical (unpaired) electrons. The highest BCUT2D eigenvalue weighted by molar-refractivity contribution is 7.98. The Morgan fingerprint density at radius 1 is 1.42 bits per heavy atom. The van der Waals surface area contributed by atoms with Crippen LogP contribution < -0.4 is 5.32 Å². The van der Waals surface area contributed by atoms with E-state index in [-0.39, 0.29) is 18.6 Å². The van der Waals surface area contributed by atoms with Crippen LogP contribution in [0, 0.1) is 0 Å². The molecule has 8 heteroatoms. The van der Waals surface area contributed by atoms with Crippen molar-refractivity contribution in [2.24, 2.45) is 0 Å². The normalized spacial score (nSPS) is 23.5. The summed E-state index contributed by atoms with van der Waals surface area (Å²) in [4.78, 5) is 22.9. The zero-order chi connectivity index (χ0) is 14.5. The zero-order valence-corrected chi connectivity index (χ0v) is 12.4. The molecule has 19 heavy (non-hydrogen) atoms. The second kappa shape index (κ2) is 7.14. The maximum Gasteiger partial charge on any atom is 0.326 e. The predicted molar refractivity (Wildman–Crippen MR) is 74.0 cm³/mol. The minimum absolute atomic E-state index is 0.00758. The summed E-state index contributed by atoms with van der Waals surface area (Å²) < 4.78 is 23.6. The molecule has 1 amide bonds. The lowest BCUT2D eigenvalue weighted by molar-refractivity contribution is -0.141. The molecule has 1 fully saturated rings. The van der Waals surface area contributed by atoms with E-state index in [4.69, 9.17) is 5.11 Å². The lowest BCUT2D eigenvalue weighted by Gasteiger charge is -2.23. The average molecular weight is 309 g/mol. The SMILES string of the molecule is CSCCC(NC(=O)C1CCCCS1(=O)=O)C(=O)O. The highest BCUT2D eigenvalue weighted by Gasteiger charge is 2.36. The summed E-state index contributed by atoms with van der Waals surface area (Å²) >= 11 is 1.48. The van der Waals surface area contributed by atoms with Crippen LogP contribution >= 0.6 is 11.8 Å². The van der Waals surface area contributed by atoms with Crippen molar-refractivity contribution in [3.63, 3.8) is 0 Å². The molecule has 1 aliphatic rings. The Balaban J connectivity index is 2.68. The van der Waals surface area contributed by atoms with Gasteiger partial charge in [0.25, 0.3) is 0 Å². The lowest BCUT2D eigenvalue weighted by Crippen LogP contribution is -2.49. The van der Waals surface area contributed by atoms with Crippen molar-refractivity contribution in [3.05, 3.63) is 0 Å². The fraction of sp³-hybridized carbons (Fsp3) is 0.818. The summed E-state index contributed by atoms with van der Waals surface area (Å²) in [6.45, 7) is 0. The van der Waals surface area contributed by atoms with Gasteiger partial charge in [-0.2, -0.15) is 11.8 Å². The highest BCUT2D eigenvalue weighted by atomic mass is 32.2. The summed E-state index contributed by atoms with van der Waals surface area (Å²) in [7, 11) is -3.42. The van der Waals surface area contributed by atoms with Crippen LogP contribution in [-0.4, -0.2) is 54.5 Å². The summed E-state index contributed by atoms with van der Waals surface area (Å²) in [6.07, 6.45) is 3.66. The lowest BCUT2D eigenvalue weighted by atomic mass is 10.1. The van der Waals surface area contributed by atoms with Gasteiger partial charge in [0.05, 0.1) is 5.75 Å². The molecule has 1 aliphatic heterocycles. The largest absolute Gasteiger partial charge is 0.480 e. The Morgan fingerprint density at radius 3 is 2.63 bits per heavy atom. The van der Waals surface area contributed by atoms with Crippen LogP contribution in [0.3, 0.4) is 0 Å². The van der Waals surface area contributed by atoms with E-state index in [9.17, 15) is 18.0 Å². The molecular formula is C11H19NO5S2. The number of carbonyl (C=O) groups is 2. The van der Waals surface area contributed by atoms with Crippen molar-refractivity contribution in [1.29, 1.82) is 0 Å². The first-order chi connectivity index (χ1) is 8.88. The third-order valence-corrected chi connectivity index (χ3v) is 5.91. The van der Waals surface area contributed by atoms with E-state index in [2.05, 4.69) is 5.32 Å². The number of thioether (sulfide) groups is 1. The topological polar surface area (TPSA) is 101 Å². The summed E-state index contributed by atoms with van der Waals surface area (Å²) in [5.41, 5.74) is 0. The monoisotopic (exact) mass is 309 g/mol. The van der Waals surface area contributed by atoms with Gasteiger partial charge in [-0.15, -0.1) is 0 Å². The van der Waals surface area contributed by atoms with Crippen molar-refractivity contribution < 1.29 is 23.1 Å². The molecule has 0 aliphatic carbocycles. The number of hydrogen-bond donors (Lipinski definition) is 2. The van der Waals surface area contributed by atoms with Gasteiger partial charge >= 0.3 is 5.97 Å². The quantitative estimate of drug-likeness (QED) is 0.731. The molecule has 0 aromatic rings. The van der Waals surface area contributed by atoms with Gasteiger partial charge in [0.15, 0.2) is 9.84 Å². The van der Waals surface area contributed by atoms with Gasteiger partial charge < -0.3 is 10.4 Å². The molecule has 2 atom stereocenters. The van der Waals surface area contributed by atoms with E-state index in [1.807, 2.05) is 6.26 Å². The van der Waals surface area contributed by atoms with Crippen LogP contribution in [0.15, 0.2) is 0 Å². The summed E-state index contributed by atoms with van der Waals surface area (Å²) in [5, 5.41) is 10.3. The Morgan fingerprint density at radius 2 is 2.11 bits per heavy atom. The number of aliphatic carboxylic acids is 1. The molecular weight excluding hydrogens is 290 g/mol. The van der Waals surface area contributed by atoms with Gasteiger partial charge in [-0.05, 0) is 31.3 Å². The molecule has 110 valence electrons. The molecule has 1 rings (SSSR count). The Kier molecular flexibility index (Phi) is 6.12. The van der Waals surface area contributed by atoms with E-state index >= 15 is 0 Å². The average Bonchev–Trinajstić information content (AvgIpc) is 2.33. The van der Waals surface area contributed by atoms with Crippen molar-refractivity contribution in [3.8, 4) is 0 Å². The molecule has 6 nitrogen and oxygen atoms in total. The first kappa shape index (κ1) is 16.3. The molecule has 0 spiro atoms. The molecule has 1 heterocycles. The van der Waals surface area contributed by atoms with Crippen LogP contribution in [-0.2, 0) is 19.4 Å². The smallest absolute Gasteiger partial charge is 0.326 e. The zero-order valence-electron chi connectivity index (χ0n) is 10.8. The van der Waals surface area contributed by atoms with Crippen molar-refractivity contribution in [1.82, 2.24) is 5.32 Å². The number of sulfone groups is 1. The van der Waals surface area contributed by atoms with Crippen LogP contribution in [0.5, 0.6) is 0 Å². The number of rotatable bonds is 6. The van der Waals surface area contributed by atoms with Crippen LogP contribution in [0.2, 0.25) is 0 Å². The highest BCUT2D eigenvalue weighted by Crippen LogP contribution is 2.20. The van der Waals surface area contributed by atoms with Crippen LogP contribution in [0.25, 0.3) is 0 Å². The first-order valence-electron chi connectivity index (χ1n) is 6.12. The van der Waals surface area contributed by atoms with E-state index in [0.717, 1.165) is 0 Å². The molecule has 0 saturated carbocycles. The Hall–Kier alpha value is -0.760. The molecule has 2 N–H and O–H groups in total. The van der Waals surface area contributed by atoms with Gasteiger partial charge in [0.1, 0.15) is 11.3 Å². The summed E-state index contributed by atoms with van der Waals surface area (Å²) in [6, 6.07) is -1.02. The Bertz CT molecular complexity index is 434. The standard InChI is InChI=1S/C11H19NO5S2/c1-18-6-5-8(11(14)15)12-10(13)9-4-2-3-7-19(9,16)17/h8-9H,2-7H2,1H3,(H,12,13)(H,14,15). The first-order valence-corrected chi connectivity index (χ1v) is 9.23. The van der Waals surface area contributed by atoms with Crippen molar-refractivity contribution in [2.75, 3.05) is 17.8 Å². The third-order valence-electron chi connectivity index (χ3n) is 3.10. The maximum atomic E-state index is 11.9. The van der Waals surface area contributed by atoms with E-state index in [1.54, 1.807) is 0 Å². The van der Waals surface area contributed by atoms with Gasteiger partial charge in [-0.1, -0.05) is 6.42 Å². The van der Waals surface area contributed by atoms with Crippen molar-refractivity contribution >= 4 is 33.5 Å². The molecule has 0 bridgehead atoms. The fourth-order valence-corrected chi connectivity index (χ4v) is 4.29. The van der Waals surface area contributed by atoms with Gasteiger partial charge in [-0.3, -0.25) is 4.79 Å². The molecule has 1 saturated heterocycles. The third kappa shape index (κ3) is 4.68. The second-order valence-corrected chi connectivity index (χ2v) is 7.82. The number of nitrogens with one attached hydrogen (secondary N) is 1. The van der Waals surface area contributed by atoms with Crippen molar-refractivity contribution in [2.45, 2.75) is 37.0 Å². The van der Waals surface area contributed by atoms with Gasteiger partial charge in [0, 0.05) is 0 Å².